The summed E-state index contributed by atoms with van der Waals surface area (Å²) in [6.45, 7) is 0.862. The quantitative estimate of drug-likeness (QED) is 0.751. The van der Waals surface area contributed by atoms with Crippen molar-refractivity contribution in [3.8, 4) is 0 Å². The van der Waals surface area contributed by atoms with E-state index in [0.29, 0.717) is 5.88 Å². The number of hydrogen-bond acceptors (Lipinski definition) is 3. The highest BCUT2D eigenvalue weighted by Gasteiger charge is 1.99. The molecule has 2 aromatic rings. The van der Waals surface area contributed by atoms with Crippen LogP contribution >= 0.6 is 22.9 Å². The molecule has 5 heteroatoms. The van der Waals surface area contributed by atoms with E-state index < -0.39 is 0 Å². The Kier molecular flexibility index (Phi) is 3.16. The fourth-order valence-corrected chi connectivity index (χ4v) is 2.01. The van der Waals surface area contributed by atoms with Gasteiger partial charge in [-0.1, -0.05) is 5.21 Å². The van der Waals surface area contributed by atoms with Gasteiger partial charge in [0, 0.05) is 12.7 Å². The van der Waals surface area contributed by atoms with Crippen LogP contribution in [0, 0.1) is 0 Å². The van der Waals surface area contributed by atoms with Crippen molar-refractivity contribution in [3.05, 3.63) is 34.3 Å². The Bertz CT molecular complexity index is 382. The first-order chi connectivity index (χ1) is 6.88. The third-order valence-electron chi connectivity index (χ3n) is 1.93. The summed E-state index contributed by atoms with van der Waals surface area (Å²) in [5, 5.41) is 12.1. The van der Waals surface area contributed by atoms with Gasteiger partial charge in [0.05, 0.1) is 11.6 Å². The normalized spacial score (nSPS) is 10.6. The third-order valence-corrected chi connectivity index (χ3v) is 2.94. The number of aryl methyl sites for hydroxylation is 2. The number of nitrogens with zero attached hydrogens (tertiary/aromatic N) is 3. The first-order valence-electron chi connectivity index (χ1n) is 4.34. The standard InChI is InChI=1S/C9H10ClN3S/c10-5-9-6-13(12-11-9)3-1-8-2-4-14-7-8/h2,4,6-7H,1,3,5H2. The van der Waals surface area contributed by atoms with E-state index in [2.05, 4.69) is 27.1 Å². The van der Waals surface area contributed by atoms with E-state index >= 15 is 0 Å². The summed E-state index contributed by atoms with van der Waals surface area (Å²) in [5.41, 5.74) is 2.18. The lowest BCUT2D eigenvalue weighted by Gasteiger charge is -1.96. The largest absolute Gasteiger partial charge is 0.252 e. The maximum Gasteiger partial charge on any atom is 0.0974 e. The molecule has 0 aromatic carbocycles. The van der Waals surface area contributed by atoms with Crippen LogP contribution in [0.1, 0.15) is 11.3 Å². The number of rotatable bonds is 4. The number of thiophene rings is 1. The van der Waals surface area contributed by atoms with Crippen LogP contribution in [0.5, 0.6) is 0 Å². The van der Waals surface area contributed by atoms with E-state index in [-0.39, 0.29) is 0 Å². The molecule has 2 heterocycles. The Balaban J connectivity index is 1.92. The van der Waals surface area contributed by atoms with Gasteiger partial charge in [0.2, 0.25) is 0 Å². The van der Waals surface area contributed by atoms with Gasteiger partial charge in [0.1, 0.15) is 0 Å². The molecule has 0 aliphatic heterocycles. The average Bonchev–Trinajstić information content (AvgIpc) is 2.86. The van der Waals surface area contributed by atoms with Crippen molar-refractivity contribution in [1.82, 2.24) is 15.0 Å². The van der Waals surface area contributed by atoms with Crippen molar-refractivity contribution in [2.45, 2.75) is 18.8 Å². The molecule has 0 atom stereocenters. The van der Waals surface area contributed by atoms with Crippen molar-refractivity contribution in [3.63, 3.8) is 0 Å². The van der Waals surface area contributed by atoms with Gasteiger partial charge in [0.25, 0.3) is 0 Å². The molecule has 0 saturated carbocycles. The molecule has 0 aliphatic carbocycles. The second-order valence-electron chi connectivity index (χ2n) is 2.99. The summed E-state index contributed by atoms with van der Waals surface area (Å²) in [6, 6.07) is 2.13. The van der Waals surface area contributed by atoms with Gasteiger partial charge in [-0.25, -0.2) is 0 Å². The van der Waals surface area contributed by atoms with Crippen LogP contribution in [0.2, 0.25) is 0 Å². The topological polar surface area (TPSA) is 30.7 Å². The van der Waals surface area contributed by atoms with Crippen LogP contribution in [0.4, 0.5) is 0 Å². The van der Waals surface area contributed by atoms with E-state index in [0.717, 1.165) is 18.7 Å². The molecule has 0 fully saturated rings. The molecular weight excluding hydrogens is 218 g/mol. The van der Waals surface area contributed by atoms with Crippen molar-refractivity contribution < 1.29 is 0 Å². The summed E-state index contributed by atoms with van der Waals surface area (Å²) in [5.74, 6) is 0.429. The molecule has 0 saturated heterocycles. The average molecular weight is 228 g/mol. The van der Waals surface area contributed by atoms with E-state index in [1.807, 2.05) is 10.9 Å². The molecule has 0 bridgehead atoms. The number of halogens is 1. The number of aromatic nitrogens is 3. The van der Waals surface area contributed by atoms with Gasteiger partial charge >= 0.3 is 0 Å². The molecule has 74 valence electrons. The Morgan fingerprint density at radius 3 is 3.07 bits per heavy atom. The SMILES string of the molecule is ClCc1cn(CCc2ccsc2)nn1. The zero-order chi connectivity index (χ0) is 9.80. The first kappa shape index (κ1) is 9.68. The van der Waals surface area contributed by atoms with E-state index in [9.17, 15) is 0 Å². The maximum atomic E-state index is 5.63. The lowest BCUT2D eigenvalue weighted by Crippen LogP contribution is -2.01. The van der Waals surface area contributed by atoms with Gasteiger partial charge in [-0.3, -0.25) is 4.68 Å². The molecule has 2 aromatic heterocycles. The molecule has 0 aliphatic rings. The van der Waals surface area contributed by atoms with Gasteiger partial charge in [0.15, 0.2) is 0 Å². The van der Waals surface area contributed by atoms with E-state index in [1.165, 1.54) is 5.56 Å². The van der Waals surface area contributed by atoms with Crippen molar-refractivity contribution in [2.75, 3.05) is 0 Å². The molecule has 0 amide bonds. The van der Waals surface area contributed by atoms with Crippen molar-refractivity contribution in [1.29, 1.82) is 0 Å². The fourth-order valence-electron chi connectivity index (χ4n) is 1.19. The molecule has 0 spiro atoms. The van der Waals surface area contributed by atoms with Crippen molar-refractivity contribution >= 4 is 22.9 Å². The lowest BCUT2D eigenvalue weighted by atomic mass is 10.2. The molecule has 0 radical (unpaired) electrons. The van der Waals surface area contributed by atoms with Crippen LogP contribution in [0.25, 0.3) is 0 Å². The smallest absolute Gasteiger partial charge is 0.0974 e. The lowest BCUT2D eigenvalue weighted by molar-refractivity contribution is 0.589. The van der Waals surface area contributed by atoms with Gasteiger partial charge in [-0.2, -0.15) is 11.3 Å². The highest BCUT2D eigenvalue weighted by Crippen LogP contribution is 2.07. The summed E-state index contributed by atoms with van der Waals surface area (Å²) in [7, 11) is 0. The minimum Gasteiger partial charge on any atom is -0.252 e. The Morgan fingerprint density at radius 2 is 2.43 bits per heavy atom. The summed E-state index contributed by atoms with van der Waals surface area (Å²) in [6.07, 6.45) is 2.88. The van der Waals surface area contributed by atoms with Crippen LogP contribution in [0.3, 0.4) is 0 Å². The molecule has 14 heavy (non-hydrogen) atoms. The maximum absolute atomic E-state index is 5.63. The number of alkyl halides is 1. The Morgan fingerprint density at radius 1 is 1.50 bits per heavy atom. The Labute approximate surface area is 91.3 Å². The predicted octanol–water partition coefficient (Wildman–Crippen LogP) is 2.32. The van der Waals surface area contributed by atoms with E-state index in [1.54, 1.807) is 11.3 Å². The minimum absolute atomic E-state index is 0.429. The van der Waals surface area contributed by atoms with E-state index in [4.69, 9.17) is 11.6 Å². The fraction of sp³-hybridized carbons (Fsp3) is 0.333. The second-order valence-corrected chi connectivity index (χ2v) is 4.04. The molecule has 2 rings (SSSR count). The molecular formula is C9H10ClN3S. The third kappa shape index (κ3) is 2.33. The second kappa shape index (κ2) is 4.57. The van der Waals surface area contributed by atoms with Gasteiger partial charge in [-0.15, -0.1) is 16.7 Å². The molecule has 0 unspecified atom stereocenters. The summed E-state index contributed by atoms with van der Waals surface area (Å²) in [4.78, 5) is 0. The molecule has 3 nitrogen and oxygen atoms in total. The zero-order valence-corrected chi connectivity index (χ0v) is 9.13. The minimum atomic E-state index is 0.429. The first-order valence-corrected chi connectivity index (χ1v) is 5.82. The van der Waals surface area contributed by atoms with Crippen LogP contribution < -0.4 is 0 Å². The number of hydrogen-bond donors (Lipinski definition) is 0. The summed E-state index contributed by atoms with van der Waals surface area (Å²) >= 11 is 7.34. The molecule has 0 N–H and O–H groups in total. The van der Waals surface area contributed by atoms with Crippen LogP contribution in [-0.4, -0.2) is 15.0 Å². The monoisotopic (exact) mass is 227 g/mol. The summed E-state index contributed by atoms with van der Waals surface area (Å²) < 4.78 is 1.83. The van der Waals surface area contributed by atoms with Gasteiger partial charge in [-0.05, 0) is 28.8 Å². The predicted molar refractivity (Wildman–Crippen MR) is 57.6 cm³/mol. The highest BCUT2D eigenvalue weighted by molar-refractivity contribution is 7.07. The van der Waals surface area contributed by atoms with Crippen LogP contribution in [-0.2, 0) is 18.8 Å². The Hall–Kier alpha value is -0.870. The highest BCUT2D eigenvalue weighted by atomic mass is 35.5. The zero-order valence-electron chi connectivity index (χ0n) is 7.56. The van der Waals surface area contributed by atoms with Gasteiger partial charge < -0.3 is 0 Å². The van der Waals surface area contributed by atoms with Crippen molar-refractivity contribution in [2.24, 2.45) is 0 Å². The van der Waals surface area contributed by atoms with Crippen LogP contribution in [0.15, 0.2) is 23.0 Å².